The molecule has 1 saturated carbocycles. The van der Waals surface area contributed by atoms with Crippen LogP contribution in [0.3, 0.4) is 0 Å². The van der Waals surface area contributed by atoms with Crippen LogP contribution in [0, 0.1) is 5.92 Å². The molecule has 2 atom stereocenters. The van der Waals surface area contributed by atoms with Gasteiger partial charge >= 0.3 is 0 Å². The molecule has 1 aliphatic heterocycles. The first-order valence-electron chi connectivity index (χ1n) is 7.89. The summed E-state index contributed by atoms with van der Waals surface area (Å²) >= 11 is 0. The zero-order valence-electron chi connectivity index (χ0n) is 11.9. The van der Waals surface area contributed by atoms with Crippen LogP contribution in [0.25, 0.3) is 0 Å². The fraction of sp³-hybridized carbons (Fsp3) is 0.647. The van der Waals surface area contributed by atoms with Crippen molar-refractivity contribution in [1.29, 1.82) is 0 Å². The van der Waals surface area contributed by atoms with Crippen molar-refractivity contribution in [3.63, 3.8) is 0 Å². The monoisotopic (exact) mass is 258 g/mol. The highest BCUT2D eigenvalue weighted by atomic mass is 15.2. The summed E-state index contributed by atoms with van der Waals surface area (Å²) in [4.78, 5) is 2.74. The van der Waals surface area contributed by atoms with E-state index in [1.807, 2.05) is 0 Å². The summed E-state index contributed by atoms with van der Waals surface area (Å²) in [6, 6.07) is 9.53. The lowest BCUT2D eigenvalue weighted by atomic mass is 9.78. The van der Waals surface area contributed by atoms with Crippen LogP contribution in [-0.2, 0) is 13.1 Å². The van der Waals surface area contributed by atoms with E-state index >= 15 is 0 Å². The Morgan fingerprint density at radius 3 is 2.58 bits per heavy atom. The Kier molecular flexibility index (Phi) is 4.19. The summed E-state index contributed by atoms with van der Waals surface area (Å²) in [7, 11) is 0. The zero-order chi connectivity index (χ0) is 13.1. The topological polar surface area (TPSA) is 29.3 Å². The number of likely N-dealkylation sites (tertiary alicyclic amines) is 1. The largest absolute Gasteiger partial charge is 0.326 e. The van der Waals surface area contributed by atoms with Crippen LogP contribution >= 0.6 is 0 Å². The average molecular weight is 258 g/mol. The summed E-state index contributed by atoms with van der Waals surface area (Å²) < 4.78 is 0. The van der Waals surface area contributed by atoms with E-state index < -0.39 is 0 Å². The van der Waals surface area contributed by atoms with Gasteiger partial charge in [0.05, 0.1) is 0 Å². The fourth-order valence-electron chi connectivity index (χ4n) is 4.05. The predicted molar refractivity (Wildman–Crippen MR) is 79.7 cm³/mol. The minimum Gasteiger partial charge on any atom is -0.326 e. The first kappa shape index (κ1) is 13.1. The summed E-state index contributed by atoms with van der Waals surface area (Å²) in [5.41, 5.74) is 8.63. The molecule has 1 saturated heterocycles. The van der Waals surface area contributed by atoms with Gasteiger partial charge in [-0.05, 0) is 49.3 Å². The molecule has 2 aliphatic rings. The Bertz CT molecular complexity index is 413. The Balaban J connectivity index is 1.74. The minimum absolute atomic E-state index is 0.665. The molecule has 19 heavy (non-hydrogen) atoms. The molecule has 2 N–H and O–H groups in total. The molecule has 2 fully saturated rings. The number of nitrogens with two attached hydrogens (primary N) is 1. The van der Waals surface area contributed by atoms with Gasteiger partial charge in [-0.15, -0.1) is 0 Å². The first-order valence-corrected chi connectivity index (χ1v) is 7.89. The fourth-order valence-corrected chi connectivity index (χ4v) is 4.05. The van der Waals surface area contributed by atoms with Crippen molar-refractivity contribution in [3.05, 3.63) is 35.4 Å². The van der Waals surface area contributed by atoms with E-state index in [1.54, 1.807) is 0 Å². The normalized spacial score (nSPS) is 28.1. The van der Waals surface area contributed by atoms with Crippen LogP contribution in [0.4, 0.5) is 0 Å². The van der Waals surface area contributed by atoms with Crippen molar-refractivity contribution in [3.8, 4) is 0 Å². The standard InChI is InChI=1S/C17H26N2/c18-12-15-7-1-2-8-16(15)13-19-11-5-9-14-6-3-4-10-17(14)19/h1-2,7-8,14,17H,3-6,9-13,18H2/t14-,17-/m1/s1. The zero-order valence-corrected chi connectivity index (χ0v) is 11.9. The quantitative estimate of drug-likeness (QED) is 0.901. The molecule has 0 radical (unpaired) electrons. The van der Waals surface area contributed by atoms with Crippen LogP contribution in [0.5, 0.6) is 0 Å². The molecule has 1 aliphatic carbocycles. The van der Waals surface area contributed by atoms with Crippen molar-refractivity contribution in [2.45, 2.75) is 57.7 Å². The number of benzene rings is 1. The number of rotatable bonds is 3. The molecule has 0 spiro atoms. The lowest BCUT2D eigenvalue weighted by molar-refractivity contribution is 0.0545. The van der Waals surface area contributed by atoms with Gasteiger partial charge in [0.15, 0.2) is 0 Å². The van der Waals surface area contributed by atoms with Gasteiger partial charge in [-0.25, -0.2) is 0 Å². The van der Waals surface area contributed by atoms with Crippen LogP contribution in [0.15, 0.2) is 24.3 Å². The van der Waals surface area contributed by atoms with Gasteiger partial charge < -0.3 is 5.73 Å². The van der Waals surface area contributed by atoms with Crippen molar-refractivity contribution < 1.29 is 0 Å². The molecule has 3 rings (SSSR count). The molecular formula is C17H26N2. The van der Waals surface area contributed by atoms with E-state index in [-0.39, 0.29) is 0 Å². The maximum Gasteiger partial charge on any atom is 0.0240 e. The van der Waals surface area contributed by atoms with E-state index in [0.29, 0.717) is 6.54 Å². The lowest BCUT2D eigenvalue weighted by Gasteiger charge is -2.44. The molecule has 0 aromatic heterocycles. The van der Waals surface area contributed by atoms with Gasteiger partial charge in [0.25, 0.3) is 0 Å². The third-order valence-electron chi connectivity index (χ3n) is 5.07. The van der Waals surface area contributed by atoms with E-state index in [0.717, 1.165) is 18.5 Å². The smallest absolute Gasteiger partial charge is 0.0240 e. The van der Waals surface area contributed by atoms with Gasteiger partial charge in [0.1, 0.15) is 0 Å². The van der Waals surface area contributed by atoms with E-state index in [1.165, 1.54) is 56.2 Å². The van der Waals surface area contributed by atoms with Crippen LogP contribution in [0.1, 0.15) is 49.7 Å². The Labute approximate surface area is 117 Å². The molecule has 0 bridgehead atoms. The Morgan fingerprint density at radius 2 is 1.74 bits per heavy atom. The molecule has 0 unspecified atom stereocenters. The second-order valence-electron chi connectivity index (χ2n) is 6.20. The van der Waals surface area contributed by atoms with Crippen LogP contribution in [0.2, 0.25) is 0 Å². The molecule has 1 aromatic rings. The number of fused-ring (bicyclic) bond motifs is 1. The summed E-state index contributed by atoms with van der Waals surface area (Å²) in [5.74, 6) is 0.965. The van der Waals surface area contributed by atoms with Gasteiger partial charge in [0, 0.05) is 19.1 Å². The summed E-state index contributed by atoms with van der Waals surface area (Å²) in [6.07, 6.45) is 8.59. The number of piperidine rings is 1. The van der Waals surface area contributed by atoms with E-state index in [4.69, 9.17) is 5.73 Å². The Hall–Kier alpha value is -0.860. The molecule has 2 heteroatoms. The van der Waals surface area contributed by atoms with Crippen molar-refractivity contribution in [2.75, 3.05) is 6.54 Å². The van der Waals surface area contributed by atoms with Crippen molar-refractivity contribution >= 4 is 0 Å². The van der Waals surface area contributed by atoms with Gasteiger partial charge in [-0.3, -0.25) is 4.90 Å². The van der Waals surface area contributed by atoms with E-state index in [2.05, 4.69) is 29.2 Å². The van der Waals surface area contributed by atoms with Gasteiger partial charge in [-0.1, -0.05) is 37.1 Å². The molecule has 1 heterocycles. The molecule has 2 nitrogen and oxygen atoms in total. The second-order valence-corrected chi connectivity index (χ2v) is 6.20. The van der Waals surface area contributed by atoms with Crippen molar-refractivity contribution in [2.24, 2.45) is 11.7 Å². The third kappa shape index (κ3) is 2.85. The third-order valence-corrected chi connectivity index (χ3v) is 5.07. The maximum absolute atomic E-state index is 5.87. The molecule has 104 valence electrons. The summed E-state index contributed by atoms with van der Waals surface area (Å²) in [5, 5.41) is 0. The number of hydrogen-bond acceptors (Lipinski definition) is 2. The highest BCUT2D eigenvalue weighted by molar-refractivity contribution is 5.27. The number of nitrogens with zero attached hydrogens (tertiary/aromatic N) is 1. The van der Waals surface area contributed by atoms with Gasteiger partial charge in [0.2, 0.25) is 0 Å². The molecule has 1 aromatic carbocycles. The average Bonchev–Trinajstić information content (AvgIpc) is 2.48. The van der Waals surface area contributed by atoms with Crippen LogP contribution < -0.4 is 5.73 Å². The predicted octanol–water partition coefficient (Wildman–Crippen LogP) is 3.30. The Morgan fingerprint density at radius 1 is 1.00 bits per heavy atom. The van der Waals surface area contributed by atoms with E-state index in [9.17, 15) is 0 Å². The summed E-state index contributed by atoms with van der Waals surface area (Å²) in [6.45, 7) is 3.05. The van der Waals surface area contributed by atoms with Crippen LogP contribution in [-0.4, -0.2) is 17.5 Å². The minimum atomic E-state index is 0.665. The number of hydrogen-bond donors (Lipinski definition) is 1. The SMILES string of the molecule is NCc1ccccc1CN1CCC[C@H]2CCCC[C@H]21. The highest BCUT2D eigenvalue weighted by Gasteiger charge is 2.33. The highest BCUT2D eigenvalue weighted by Crippen LogP contribution is 2.36. The van der Waals surface area contributed by atoms with Gasteiger partial charge in [-0.2, -0.15) is 0 Å². The first-order chi connectivity index (χ1) is 9.38. The van der Waals surface area contributed by atoms with Crippen molar-refractivity contribution in [1.82, 2.24) is 4.90 Å². The maximum atomic E-state index is 5.87. The molecular weight excluding hydrogens is 232 g/mol. The second kappa shape index (κ2) is 6.06. The molecule has 0 amide bonds. The lowest BCUT2D eigenvalue weighted by Crippen LogP contribution is -2.46.